The Morgan fingerprint density at radius 1 is 1.21 bits per heavy atom. The van der Waals surface area contributed by atoms with Crippen LogP contribution in [0.5, 0.6) is 0 Å². The third-order valence-electron chi connectivity index (χ3n) is 3.72. The van der Waals surface area contributed by atoms with Gasteiger partial charge in [-0.3, -0.25) is 9.78 Å². The summed E-state index contributed by atoms with van der Waals surface area (Å²) in [6.07, 6.45) is 1.62. The zero-order chi connectivity index (χ0) is 17.7. The second kappa shape index (κ2) is 7.59. The molecule has 2 rings (SSSR count). The van der Waals surface area contributed by atoms with Crippen LogP contribution in [0.15, 0.2) is 46.1 Å². The molecule has 130 valence electrons. The zero-order valence-corrected chi connectivity index (χ0v) is 14.5. The third-order valence-corrected chi connectivity index (χ3v) is 5.26. The molecule has 0 bridgehead atoms. The van der Waals surface area contributed by atoms with E-state index in [1.54, 1.807) is 6.92 Å². The number of nitrogens with zero attached hydrogens (tertiary/aromatic N) is 1. The summed E-state index contributed by atoms with van der Waals surface area (Å²) in [5.74, 6) is -0.102. The average Bonchev–Trinajstić information content (AvgIpc) is 2.49. The van der Waals surface area contributed by atoms with Gasteiger partial charge in [0, 0.05) is 24.8 Å². The minimum atomic E-state index is -3.47. The van der Waals surface area contributed by atoms with Gasteiger partial charge >= 0.3 is 5.69 Å². The average molecular weight is 351 g/mol. The van der Waals surface area contributed by atoms with Crippen molar-refractivity contribution in [3.05, 3.63) is 68.5 Å². The van der Waals surface area contributed by atoms with Crippen LogP contribution in [0.4, 0.5) is 0 Å². The molecule has 1 atom stereocenters. The van der Waals surface area contributed by atoms with E-state index in [1.165, 1.54) is 16.8 Å². The number of H-pyrrole nitrogens is 1. The highest BCUT2D eigenvalue weighted by atomic mass is 32.2. The van der Waals surface area contributed by atoms with E-state index in [4.69, 9.17) is 0 Å². The van der Waals surface area contributed by atoms with Gasteiger partial charge in [-0.1, -0.05) is 24.3 Å². The maximum atomic E-state index is 12.2. The number of rotatable bonds is 7. The van der Waals surface area contributed by atoms with Gasteiger partial charge in [0.2, 0.25) is 10.0 Å². The lowest BCUT2D eigenvalue weighted by atomic mass is 10.0. The second-order valence-electron chi connectivity index (χ2n) is 5.67. The van der Waals surface area contributed by atoms with E-state index < -0.39 is 21.3 Å². The molecular weight excluding hydrogens is 330 g/mol. The normalized spacial score (nSPS) is 12.9. The first-order valence-corrected chi connectivity index (χ1v) is 9.29. The van der Waals surface area contributed by atoms with Crippen molar-refractivity contribution in [2.24, 2.45) is 0 Å². The van der Waals surface area contributed by atoms with Gasteiger partial charge in [-0.05, 0) is 31.4 Å². The summed E-state index contributed by atoms with van der Waals surface area (Å²) in [5, 5.41) is 0. The number of benzene rings is 1. The Labute approximate surface area is 140 Å². The molecular formula is C16H21N3O4S. The number of aromatic nitrogens is 2. The predicted octanol–water partition coefficient (Wildman–Crippen LogP) is 0.916. The minimum absolute atomic E-state index is 0.102. The topological polar surface area (TPSA) is 101 Å². The lowest BCUT2D eigenvalue weighted by Crippen LogP contribution is -2.32. The van der Waals surface area contributed by atoms with Crippen LogP contribution in [0, 0.1) is 6.92 Å². The monoisotopic (exact) mass is 351 g/mol. The van der Waals surface area contributed by atoms with E-state index in [0.717, 1.165) is 11.1 Å². The first kappa shape index (κ1) is 18.2. The minimum Gasteiger partial charge on any atom is -0.301 e. The van der Waals surface area contributed by atoms with Gasteiger partial charge in [0.15, 0.2) is 0 Å². The van der Waals surface area contributed by atoms with Gasteiger partial charge in [0.1, 0.15) is 0 Å². The van der Waals surface area contributed by atoms with Gasteiger partial charge in [0.05, 0.1) is 5.75 Å². The van der Waals surface area contributed by atoms with Crippen LogP contribution in [0.3, 0.4) is 0 Å². The first-order valence-electron chi connectivity index (χ1n) is 7.64. The Morgan fingerprint density at radius 3 is 2.58 bits per heavy atom. The number of aromatic amines is 1. The highest BCUT2D eigenvalue weighted by Gasteiger charge is 2.16. The number of nitrogens with one attached hydrogen (secondary N) is 2. The summed E-state index contributed by atoms with van der Waals surface area (Å²) in [7, 11) is -3.47. The largest absolute Gasteiger partial charge is 0.328 e. The molecule has 1 aromatic heterocycles. The van der Waals surface area contributed by atoms with Crippen molar-refractivity contribution in [1.82, 2.24) is 14.3 Å². The lowest BCUT2D eigenvalue weighted by Gasteiger charge is -2.16. The fraction of sp³-hybridized carbons (Fsp3) is 0.375. The molecule has 0 fully saturated rings. The SMILES string of the molecule is Cc1ccccc1C(C)NS(=O)(=O)CCCn1ccc(=O)[nH]c1=O. The van der Waals surface area contributed by atoms with E-state index in [9.17, 15) is 18.0 Å². The molecule has 0 amide bonds. The van der Waals surface area contributed by atoms with E-state index in [1.807, 2.05) is 31.2 Å². The van der Waals surface area contributed by atoms with Crippen LogP contribution in [-0.4, -0.2) is 23.7 Å². The Kier molecular flexibility index (Phi) is 5.74. The summed E-state index contributed by atoms with van der Waals surface area (Å²) in [6, 6.07) is 8.50. The van der Waals surface area contributed by atoms with Gasteiger partial charge in [-0.15, -0.1) is 0 Å². The van der Waals surface area contributed by atoms with Crippen LogP contribution >= 0.6 is 0 Å². The molecule has 1 heterocycles. The van der Waals surface area contributed by atoms with E-state index in [-0.39, 0.29) is 24.8 Å². The second-order valence-corrected chi connectivity index (χ2v) is 7.55. The standard InChI is InChI=1S/C16H21N3O4S/c1-12-6-3-4-7-14(12)13(2)18-24(22,23)11-5-9-19-10-8-15(20)17-16(19)21/h3-4,6-8,10,13,18H,5,9,11H2,1-2H3,(H,17,20,21). The molecule has 0 saturated heterocycles. The van der Waals surface area contributed by atoms with Crippen LogP contribution in [0.1, 0.15) is 30.5 Å². The molecule has 0 spiro atoms. The molecule has 8 heteroatoms. The van der Waals surface area contributed by atoms with Gasteiger partial charge in [-0.2, -0.15) is 0 Å². The summed E-state index contributed by atoms with van der Waals surface area (Å²) in [6.45, 7) is 3.95. The Hall–Kier alpha value is -2.19. The maximum Gasteiger partial charge on any atom is 0.328 e. The predicted molar refractivity (Wildman–Crippen MR) is 92.5 cm³/mol. The molecule has 0 aliphatic rings. The van der Waals surface area contributed by atoms with Gasteiger partial charge < -0.3 is 4.57 Å². The van der Waals surface area contributed by atoms with Crippen LogP contribution in [-0.2, 0) is 16.6 Å². The quantitative estimate of drug-likeness (QED) is 0.774. The fourth-order valence-electron chi connectivity index (χ4n) is 2.51. The highest BCUT2D eigenvalue weighted by molar-refractivity contribution is 7.89. The number of hydrogen-bond acceptors (Lipinski definition) is 4. The summed E-state index contributed by atoms with van der Waals surface area (Å²) in [4.78, 5) is 24.7. The van der Waals surface area contributed by atoms with Crippen molar-refractivity contribution in [3.8, 4) is 0 Å². The van der Waals surface area contributed by atoms with Crippen molar-refractivity contribution in [3.63, 3.8) is 0 Å². The van der Waals surface area contributed by atoms with Crippen molar-refractivity contribution in [2.45, 2.75) is 32.9 Å². The summed E-state index contributed by atoms with van der Waals surface area (Å²) < 4.78 is 28.3. The van der Waals surface area contributed by atoms with E-state index in [2.05, 4.69) is 9.71 Å². The van der Waals surface area contributed by atoms with Crippen LogP contribution < -0.4 is 16.0 Å². The number of sulfonamides is 1. The van der Waals surface area contributed by atoms with Crippen LogP contribution in [0.2, 0.25) is 0 Å². The fourth-order valence-corrected chi connectivity index (χ4v) is 3.80. The zero-order valence-electron chi connectivity index (χ0n) is 13.7. The molecule has 0 aliphatic heterocycles. The molecule has 1 unspecified atom stereocenters. The Bertz CT molecular complexity index is 915. The number of aryl methyl sites for hydroxylation is 2. The summed E-state index contributed by atoms with van der Waals surface area (Å²) >= 11 is 0. The third kappa shape index (κ3) is 4.90. The van der Waals surface area contributed by atoms with Crippen molar-refractivity contribution in [2.75, 3.05) is 5.75 Å². The first-order chi connectivity index (χ1) is 11.3. The number of hydrogen-bond donors (Lipinski definition) is 2. The molecule has 1 aromatic carbocycles. The molecule has 7 nitrogen and oxygen atoms in total. The van der Waals surface area contributed by atoms with Gasteiger partial charge in [0.25, 0.3) is 5.56 Å². The van der Waals surface area contributed by atoms with E-state index >= 15 is 0 Å². The van der Waals surface area contributed by atoms with Crippen molar-refractivity contribution >= 4 is 10.0 Å². The van der Waals surface area contributed by atoms with Crippen molar-refractivity contribution in [1.29, 1.82) is 0 Å². The van der Waals surface area contributed by atoms with E-state index in [0.29, 0.717) is 0 Å². The van der Waals surface area contributed by atoms with Gasteiger partial charge in [-0.25, -0.2) is 17.9 Å². The molecule has 2 N–H and O–H groups in total. The smallest absolute Gasteiger partial charge is 0.301 e. The molecule has 0 radical (unpaired) electrons. The summed E-state index contributed by atoms with van der Waals surface area (Å²) in [5.41, 5.74) is 0.934. The van der Waals surface area contributed by atoms with Crippen LogP contribution in [0.25, 0.3) is 0 Å². The maximum absolute atomic E-state index is 12.2. The van der Waals surface area contributed by atoms with Crippen molar-refractivity contribution < 1.29 is 8.42 Å². The molecule has 0 saturated carbocycles. The Morgan fingerprint density at radius 2 is 1.92 bits per heavy atom. The molecule has 2 aromatic rings. The Balaban J connectivity index is 1.95. The highest BCUT2D eigenvalue weighted by Crippen LogP contribution is 2.17. The molecule has 0 aliphatic carbocycles. The lowest BCUT2D eigenvalue weighted by molar-refractivity contribution is 0.555. The molecule has 24 heavy (non-hydrogen) atoms.